The molecule has 0 radical (unpaired) electrons. The second-order valence-corrected chi connectivity index (χ2v) is 12.3. The maximum Gasteiger partial charge on any atom is 0.303 e. The number of halogens is 2. The molecule has 8 nitrogen and oxygen atoms in total. The lowest BCUT2D eigenvalue weighted by Crippen LogP contribution is -2.35. The summed E-state index contributed by atoms with van der Waals surface area (Å²) in [6.45, 7) is 2.84. The van der Waals surface area contributed by atoms with Crippen LogP contribution in [0.5, 0.6) is 5.75 Å². The van der Waals surface area contributed by atoms with E-state index in [4.69, 9.17) is 33.0 Å². The number of rotatable bonds is 11. The summed E-state index contributed by atoms with van der Waals surface area (Å²) >= 11 is 14.1. The Bertz CT molecular complexity index is 1530. The molecule has 2 heterocycles. The van der Waals surface area contributed by atoms with Crippen LogP contribution in [-0.2, 0) is 21.5 Å². The molecule has 0 unspecified atom stereocenters. The molecule has 12 heteroatoms. The van der Waals surface area contributed by atoms with E-state index in [0.29, 0.717) is 47.6 Å². The Hall–Kier alpha value is -2.63. The zero-order valence-electron chi connectivity index (χ0n) is 20.6. The van der Waals surface area contributed by atoms with Crippen LogP contribution in [0.2, 0.25) is 10.0 Å². The van der Waals surface area contributed by atoms with Crippen LogP contribution in [0.3, 0.4) is 0 Å². The minimum atomic E-state index is -4.09. The lowest BCUT2D eigenvalue weighted by molar-refractivity contribution is -0.669. The van der Waals surface area contributed by atoms with Crippen molar-refractivity contribution in [2.75, 3.05) is 17.2 Å². The van der Waals surface area contributed by atoms with E-state index in [1.54, 1.807) is 29.5 Å². The first kappa shape index (κ1) is 28.4. The Morgan fingerprint density at radius 1 is 1.16 bits per heavy atom. The van der Waals surface area contributed by atoms with Gasteiger partial charge in [-0.15, -0.1) is 0 Å². The summed E-state index contributed by atoms with van der Waals surface area (Å²) in [5.41, 5.74) is 2.60. The number of ether oxygens (including phenoxy) is 1. The normalized spacial score (nSPS) is 14.8. The van der Waals surface area contributed by atoms with Gasteiger partial charge in [-0.05, 0) is 48.7 Å². The van der Waals surface area contributed by atoms with Gasteiger partial charge in [-0.2, -0.15) is 13.0 Å². The van der Waals surface area contributed by atoms with Crippen molar-refractivity contribution in [3.05, 3.63) is 69.0 Å². The van der Waals surface area contributed by atoms with E-state index in [1.165, 1.54) is 0 Å². The van der Waals surface area contributed by atoms with Crippen molar-refractivity contribution in [3.8, 4) is 5.75 Å². The number of thiazole rings is 1. The number of carbonyl (C=O) groups is 1. The lowest BCUT2D eigenvalue weighted by Gasteiger charge is -2.18. The van der Waals surface area contributed by atoms with Gasteiger partial charge < -0.3 is 14.7 Å². The molecule has 202 valence electrons. The highest BCUT2D eigenvalue weighted by Crippen LogP contribution is 2.41. The SMILES string of the molecule is CCC(=Cc1sc2ccc(Cl)cc2[n+]1CCCC(=O)O)C=C1Oc2ccc(Cl)cc2N1CCCS(=O)(=O)O. The number of nitrogens with zero attached hydrogens (tertiary/aromatic N) is 2. The first-order chi connectivity index (χ1) is 18.0. The summed E-state index contributed by atoms with van der Waals surface area (Å²) in [5, 5.41) is 11.2. The second kappa shape index (κ2) is 12.0. The molecule has 4 rings (SSSR count). The quantitative estimate of drug-likeness (QED) is 0.201. The molecular formula is C26H27Cl2N2O6S2+. The van der Waals surface area contributed by atoms with Gasteiger partial charge in [0.05, 0.1) is 17.9 Å². The summed E-state index contributed by atoms with van der Waals surface area (Å²) in [7, 11) is -4.09. The molecule has 0 bridgehead atoms. The van der Waals surface area contributed by atoms with Crippen LogP contribution in [0.25, 0.3) is 16.3 Å². The zero-order valence-corrected chi connectivity index (χ0v) is 23.7. The Balaban J connectivity index is 1.70. The van der Waals surface area contributed by atoms with E-state index in [0.717, 1.165) is 26.5 Å². The van der Waals surface area contributed by atoms with Crippen molar-refractivity contribution in [2.24, 2.45) is 0 Å². The van der Waals surface area contributed by atoms with Crippen molar-refractivity contribution in [3.63, 3.8) is 0 Å². The van der Waals surface area contributed by atoms with E-state index in [-0.39, 0.29) is 18.6 Å². The van der Waals surface area contributed by atoms with Crippen LogP contribution < -0.4 is 14.2 Å². The van der Waals surface area contributed by atoms with Crippen molar-refractivity contribution < 1.29 is 32.2 Å². The molecule has 2 N–H and O–H groups in total. The number of aryl methyl sites for hydroxylation is 1. The summed E-state index contributed by atoms with van der Waals surface area (Å²) in [5.74, 6) is -0.0917. The number of carboxylic acids is 1. The fourth-order valence-corrected chi connectivity index (χ4v) is 6.15. The number of carboxylic acid groups (broad SMARTS) is 1. The van der Waals surface area contributed by atoms with Crippen LogP contribution in [0.1, 0.15) is 37.6 Å². The molecule has 1 aliphatic heterocycles. The third kappa shape index (κ3) is 7.06. The number of hydrogen-bond acceptors (Lipinski definition) is 6. The molecule has 0 spiro atoms. The summed E-state index contributed by atoms with van der Waals surface area (Å²) < 4.78 is 40.9. The molecule has 0 amide bonds. The average molecular weight is 599 g/mol. The van der Waals surface area contributed by atoms with Crippen molar-refractivity contribution in [2.45, 2.75) is 39.2 Å². The first-order valence-electron chi connectivity index (χ1n) is 12.0. The number of anilines is 1. The van der Waals surface area contributed by atoms with Gasteiger partial charge in [0.15, 0.2) is 12.3 Å². The molecule has 0 saturated carbocycles. The van der Waals surface area contributed by atoms with Crippen LogP contribution in [0, 0.1) is 0 Å². The molecule has 0 aliphatic carbocycles. The molecule has 0 fully saturated rings. The third-order valence-corrected chi connectivity index (χ3v) is 8.35. The maximum atomic E-state index is 11.3. The predicted octanol–water partition coefficient (Wildman–Crippen LogP) is 6.17. The second-order valence-electron chi connectivity index (χ2n) is 8.76. The minimum absolute atomic E-state index is 0.0614. The molecule has 1 aromatic heterocycles. The average Bonchev–Trinajstić information content (AvgIpc) is 3.34. The Kier molecular flexibility index (Phi) is 9.00. The monoisotopic (exact) mass is 597 g/mol. The van der Waals surface area contributed by atoms with E-state index >= 15 is 0 Å². The number of hydrogen-bond donors (Lipinski definition) is 2. The van der Waals surface area contributed by atoms with Gasteiger partial charge >= 0.3 is 5.97 Å². The van der Waals surface area contributed by atoms with E-state index in [9.17, 15) is 17.8 Å². The van der Waals surface area contributed by atoms with Crippen LogP contribution in [0.4, 0.5) is 5.69 Å². The van der Waals surface area contributed by atoms with Gasteiger partial charge in [0.2, 0.25) is 11.4 Å². The smallest absolute Gasteiger partial charge is 0.303 e. The summed E-state index contributed by atoms with van der Waals surface area (Å²) in [6.07, 6.45) is 5.35. The standard InChI is InChI=1S/C26H26Cl2N2O6S2/c1-2-17(14-25-30(10-3-5-26(31)32)21-16-19(28)7-9-23(21)37-25)13-24-29(11-4-12-38(33,34)35)20-15-18(27)6-8-22(20)36-24/h6-9,13-16H,2-5,10-12H2,1H3,(H-,31,32,33,34,35)/p+1. The predicted molar refractivity (Wildman–Crippen MR) is 151 cm³/mol. The number of allylic oxidation sites excluding steroid dienone is 2. The summed E-state index contributed by atoms with van der Waals surface area (Å²) in [4.78, 5) is 13.0. The van der Waals surface area contributed by atoms with Crippen molar-refractivity contribution >= 4 is 72.6 Å². The topological polar surface area (TPSA) is 108 Å². The van der Waals surface area contributed by atoms with E-state index in [2.05, 4.69) is 4.57 Å². The fraction of sp³-hybridized carbons (Fsp3) is 0.308. The number of benzene rings is 2. The largest absolute Gasteiger partial charge is 0.481 e. The minimum Gasteiger partial charge on any atom is -0.481 e. The number of aromatic nitrogens is 1. The number of aliphatic carboxylic acids is 1. The summed E-state index contributed by atoms with van der Waals surface area (Å²) in [6, 6.07) is 10.9. The van der Waals surface area contributed by atoms with Gasteiger partial charge in [-0.25, -0.2) is 0 Å². The van der Waals surface area contributed by atoms with Gasteiger partial charge in [-0.3, -0.25) is 9.35 Å². The van der Waals surface area contributed by atoms with E-state index < -0.39 is 16.1 Å². The zero-order chi connectivity index (χ0) is 27.4. The molecule has 38 heavy (non-hydrogen) atoms. The molecule has 1 aliphatic rings. The van der Waals surface area contributed by atoms with Crippen LogP contribution in [0.15, 0.2) is 53.9 Å². The van der Waals surface area contributed by atoms with Crippen LogP contribution >= 0.6 is 34.5 Å². The van der Waals surface area contributed by atoms with Crippen molar-refractivity contribution in [1.29, 1.82) is 0 Å². The molecule has 2 aromatic carbocycles. The first-order valence-corrected chi connectivity index (χ1v) is 15.2. The Labute approximate surface area is 235 Å². The molecule has 3 aromatic rings. The lowest BCUT2D eigenvalue weighted by atomic mass is 10.1. The van der Waals surface area contributed by atoms with E-state index in [1.807, 2.05) is 42.2 Å². The Morgan fingerprint density at radius 2 is 1.89 bits per heavy atom. The highest BCUT2D eigenvalue weighted by atomic mass is 35.5. The molecule has 0 atom stereocenters. The van der Waals surface area contributed by atoms with Crippen LogP contribution in [-0.4, -0.2) is 36.3 Å². The van der Waals surface area contributed by atoms with Gasteiger partial charge in [0, 0.05) is 41.2 Å². The molecule has 0 saturated heterocycles. The maximum absolute atomic E-state index is 11.3. The van der Waals surface area contributed by atoms with Gasteiger partial charge in [0.25, 0.3) is 15.1 Å². The van der Waals surface area contributed by atoms with Crippen molar-refractivity contribution in [1.82, 2.24) is 0 Å². The fourth-order valence-electron chi connectivity index (χ4n) is 4.18. The highest BCUT2D eigenvalue weighted by Gasteiger charge is 2.27. The number of fused-ring (bicyclic) bond motifs is 2. The third-order valence-electron chi connectivity index (χ3n) is 5.97. The van der Waals surface area contributed by atoms with Gasteiger partial charge in [-0.1, -0.05) is 41.5 Å². The Morgan fingerprint density at radius 3 is 2.61 bits per heavy atom. The molecular weight excluding hydrogens is 571 g/mol. The van der Waals surface area contributed by atoms with Gasteiger partial charge in [0.1, 0.15) is 4.70 Å². The highest BCUT2D eigenvalue weighted by molar-refractivity contribution is 7.85.